The van der Waals surface area contributed by atoms with Crippen molar-refractivity contribution in [3.8, 4) is 5.75 Å². The van der Waals surface area contributed by atoms with Gasteiger partial charge in [-0.05, 0) is 43.1 Å². The topological polar surface area (TPSA) is 21.3 Å². The highest BCUT2D eigenvalue weighted by atomic mass is 19.4. The quantitative estimate of drug-likeness (QED) is 0.877. The number of ether oxygens (including phenoxy) is 1. The molecular weight excluding hydrogens is 243 g/mol. The third-order valence-corrected chi connectivity index (χ3v) is 3.20. The van der Waals surface area contributed by atoms with E-state index < -0.39 is 11.7 Å². The number of methoxy groups -OCH3 is 1. The lowest BCUT2D eigenvalue weighted by atomic mass is 9.96. The third kappa shape index (κ3) is 2.96. The van der Waals surface area contributed by atoms with Gasteiger partial charge in [-0.1, -0.05) is 6.42 Å². The second-order valence-electron chi connectivity index (χ2n) is 4.50. The molecule has 1 saturated heterocycles. The van der Waals surface area contributed by atoms with Crippen LogP contribution in [0, 0.1) is 0 Å². The molecule has 5 heteroatoms. The molecule has 1 aliphatic heterocycles. The molecule has 1 aromatic rings. The van der Waals surface area contributed by atoms with Crippen LogP contribution in [0.4, 0.5) is 13.2 Å². The molecule has 0 spiro atoms. The van der Waals surface area contributed by atoms with Gasteiger partial charge in [0.1, 0.15) is 5.75 Å². The Morgan fingerprint density at radius 3 is 2.56 bits per heavy atom. The normalized spacial score (nSPS) is 20.8. The molecule has 0 unspecified atom stereocenters. The van der Waals surface area contributed by atoms with Gasteiger partial charge >= 0.3 is 6.18 Å². The van der Waals surface area contributed by atoms with Gasteiger partial charge in [-0.15, -0.1) is 0 Å². The summed E-state index contributed by atoms with van der Waals surface area (Å²) in [5, 5.41) is 3.24. The molecule has 0 radical (unpaired) electrons. The van der Waals surface area contributed by atoms with E-state index in [1.807, 2.05) is 0 Å². The zero-order valence-electron chi connectivity index (χ0n) is 10.2. The minimum Gasteiger partial charge on any atom is -0.497 e. The standard InChI is InChI=1S/C13H16F3NO/c1-18-11-7-9(12-4-2-3-5-17-12)6-10(8-11)13(14,15)16/h6-8,12,17H,2-5H2,1H3/t12-/m1/s1. The van der Waals surface area contributed by atoms with Crippen molar-refractivity contribution in [1.82, 2.24) is 5.32 Å². The fourth-order valence-electron chi connectivity index (χ4n) is 2.24. The highest BCUT2D eigenvalue weighted by Gasteiger charge is 2.32. The molecular formula is C13H16F3NO. The number of alkyl halides is 3. The van der Waals surface area contributed by atoms with Crippen molar-refractivity contribution in [3.05, 3.63) is 29.3 Å². The van der Waals surface area contributed by atoms with Crippen LogP contribution in [0.15, 0.2) is 18.2 Å². The molecule has 2 nitrogen and oxygen atoms in total. The van der Waals surface area contributed by atoms with E-state index in [0.29, 0.717) is 5.56 Å². The Kier molecular flexibility index (Phi) is 3.80. The third-order valence-electron chi connectivity index (χ3n) is 3.20. The van der Waals surface area contributed by atoms with E-state index in [-0.39, 0.29) is 11.8 Å². The molecule has 100 valence electrons. The van der Waals surface area contributed by atoms with Crippen LogP contribution in [0.2, 0.25) is 0 Å². The molecule has 0 amide bonds. The minimum absolute atomic E-state index is 0.00468. The Labute approximate surface area is 104 Å². The van der Waals surface area contributed by atoms with Gasteiger partial charge in [-0.3, -0.25) is 0 Å². The van der Waals surface area contributed by atoms with E-state index in [1.54, 1.807) is 6.07 Å². The van der Waals surface area contributed by atoms with Gasteiger partial charge < -0.3 is 10.1 Å². The largest absolute Gasteiger partial charge is 0.497 e. The van der Waals surface area contributed by atoms with Crippen molar-refractivity contribution in [3.63, 3.8) is 0 Å². The van der Waals surface area contributed by atoms with Gasteiger partial charge in [0.25, 0.3) is 0 Å². The summed E-state index contributed by atoms with van der Waals surface area (Å²) in [6.07, 6.45) is -1.36. The number of piperidine rings is 1. The zero-order valence-corrected chi connectivity index (χ0v) is 10.2. The first kappa shape index (κ1) is 13.2. The Morgan fingerprint density at radius 1 is 1.22 bits per heavy atom. The van der Waals surface area contributed by atoms with E-state index in [1.165, 1.54) is 13.2 Å². The van der Waals surface area contributed by atoms with Crippen LogP contribution in [-0.4, -0.2) is 13.7 Å². The summed E-state index contributed by atoms with van der Waals surface area (Å²) >= 11 is 0. The molecule has 0 saturated carbocycles. The Morgan fingerprint density at radius 2 is 2.00 bits per heavy atom. The van der Waals surface area contributed by atoms with Crippen LogP contribution in [0.3, 0.4) is 0 Å². The van der Waals surface area contributed by atoms with Crippen LogP contribution in [-0.2, 0) is 6.18 Å². The lowest BCUT2D eigenvalue weighted by Gasteiger charge is -2.25. The SMILES string of the molecule is COc1cc([C@H]2CCCCN2)cc(C(F)(F)F)c1. The van der Waals surface area contributed by atoms with E-state index in [4.69, 9.17) is 4.74 Å². The van der Waals surface area contributed by atoms with Crippen molar-refractivity contribution < 1.29 is 17.9 Å². The summed E-state index contributed by atoms with van der Waals surface area (Å²) in [5.41, 5.74) is 0.00518. The second kappa shape index (κ2) is 5.18. The van der Waals surface area contributed by atoms with E-state index in [0.717, 1.165) is 31.9 Å². The molecule has 0 aromatic heterocycles. The molecule has 1 aliphatic rings. The predicted octanol–water partition coefficient (Wildman–Crippen LogP) is 3.53. The average molecular weight is 259 g/mol. The molecule has 1 N–H and O–H groups in total. The lowest BCUT2D eigenvalue weighted by molar-refractivity contribution is -0.137. The van der Waals surface area contributed by atoms with Crippen molar-refractivity contribution in [2.75, 3.05) is 13.7 Å². The maximum atomic E-state index is 12.8. The molecule has 1 heterocycles. The smallest absolute Gasteiger partial charge is 0.416 e. The number of benzene rings is 1. The number of rotatable bonds is 2. The summed E-state index contributed by atoms with van der Waals surface area (Å²) in [7, 11) is 1.38. The first-order valence-corrected chi connectivity index (χ1v) is 6.00. The van der Waals surface area contributed by atoms with Crippen LogP contribution in [0.1, 0.15) is 36.4 Å². The van der Waals surface area contributed by atoms with Crippen molar-refractivity contribution in [1.29, 1.82) is 0 Å². The predicted molar refractivity (Wildman–Crippen MR) is 62.6 cm³/mol. The fraction of sp³-hybridized carbons (Fsp3) is 0.538. The average Bonchev–Trinajstić information content (AvgIpc) is 2.38. The van der Waals surface area contributed by atoms with Crippen molar-refractivity contribution in [2.45, 2.75) is 31.5 Å². The van der Waals surface area contributed by atoms with Crippen LogP contribution >= 0.6 is 0 Å². The minimum atomic E-state index is -4.34. The van der Waals surface area contributed by atoms with E-state index >= 15 is 0 Å². The molecule has 0 aliphatic carbocycles. The van der Waals surface area contributed by atoms with Gasteiger partial charge in [-0.25, -0.2) is 0 Å². The summed E-state index contributed by atoms with van der Waals surface area (Å²) in [6, 6.07) is 3.92. The summed E-state index contributed by atoms with van der Waals surface area (Å²) in [4.78, 5) is 0. The summed E-state index contributed by atoms with van der Waals surface area (Å²) < 4.78 is 43.3. The Bertz CT molecular complexity index is 411. The zero-order chi connectivity index (χ0) is 13.2. The second-order valence-corrected chi connectivity index (χ2v) is 4.50. The van der Waals surface area contributed by atoms with Crippen LogP contribution in [0.25, 0.3) is 0 Å². The number of halogens is 3. The molecule has 1 atom stereocenters. The highest BCUT2D eigenvalue weighted by Crippen LogP contribution is 2.35. The van der Waals surface area contributed by atoms with E-state index in [9.17, 15) is 13.2 Å². The first-order chi connectivity index (χ1) is 8.50. The maximum absolute atomic E-state index is 12.8. The molecule has 1 aromatic carbocycles. The fourth-order valence-corrected chi connectivity index (χ4v) is 2.24. The number of hydrogen-bond donors (Lipinski definition) is 1. The van der Waals surface area contributed by atoms with Gasteiger partial charge in [0.15, 0.2) is 0 Å². The van der Waals surface area contributed by atoms with Gasteiger partial charge in [0.2, 0.25) is 0 Å². The van der Waals surface area contributed by atoms with Gasteiger partial charge in [0, 0.05) is 6.04 Å². The molecule has 0 bridgehead atoms. The van der Waals surface area contributed by atoms with Gasteiger partial charge in [0.05, 0.1) is 12.7 Å². The summed E-state index contributed by atoms with van der Waals surface area (Å²) in [5.74, 6) is 0.257. The van der Waals surface area contributed by atoms with Crippen molar-refractivity contribution in [2.24, 2.45) is 0 Å². The highest BCUT2D eigenvalue weighted by molar-refractivity contribution is 5.37. The summed E-state index contributed by atoms with van der Waals surface area (Å²) in [6.45, 7) is 0.850. The number of hydrogen-bond acceptors (Lipinski definition) is 2. The lowest BCUT2D eigenvalue weighted by Crippen LogP contribution is -2.27. The number of nitrogens with one attached hydrogen (secondary N) is 1. The molecule has 2 rings (SSSR count). The van der Waals surface area contributed by atoms with Crippen LogP contribution < -0.4 is 10.1 Å². The molecule has 1 fully saturated rings. The molecule has 18 heavy (non-hydrogen) atoms. The van der Waals surface area contributed by atoms with Crippen molar-refractivity contribution >= 4 is 0 Å². The monoisotopic (exact) mass is 259 g/mol. The van der Waals surface area contributed by atoms with Gasteiger partial charge in [-0.2, -0.15) is 13.2 Å². The van der Waals surface area contributed by atoms with Crippen LogP contribution in [0.5, 0.6) is 5.75 Å². The Hall–Kier alpha value is -1.23. The Balaban J connectivity index is 2.34. The first-order valence-electron chi connectivity index (χ1n) is 6.00. The van der Waals surface area contributed by atoms with E-state index in [2.05, 4.69) is 5.32 Å². The maximum Gasteiger partial charge on any atom is 0.416 e.